The predicted molar refractivity (Wildman–Crippen MR) is 87.5 cm³/mol. The number of anilines is 1. The molecule has 1 fully saturated rings. The molecule has 0 saturated carbocycles. The maximum atomic E-state index is 12.4. The van der Waals surface area contributed by atoms with Crippen LogP contribution in [-0.2, 0) is 19.1 Å². The molecule has 8 nitrogen and oxygen atoms in total. The molecule has 2 aliphatic heterocycles. The number of nitrogens with zero attached hydrogens (tertiary/aromatic N) is 2. The van der Waals surface area contributed by atoms with Crippen LogP contribution in [0.2, 0.25) is 0 Å². The molecule has 1 aromatic carbocycles. The Balaban J connectivity index is 1.59. The van der Waals surface area contributed by atoms with E-state index in [0.717, 1.165) is 0 Å². The van der Waals surface area contributed by atoms with Gasteiger partial charge in [-0.25, -0.2) is 0 Å². The fourth-order valence-corrected chi connectivity index (χ4v) is 3.03. The number of ether oxygens (including phenoxy) is 2. The number of para-hydroxylation sites is 2. The largest absolute Gasteiger partial charge is 0.482 e. The summed E-state index contributed by atoms with van der Waals surface area (Å²) in [6.07, 6.45) is -0.445. The minimum atomic E-state index is -0.949. The van der Waals surface area contributed by atoms with Gasteiger partial charge in [-0.15, -0.1) is 0 Å². The number of carboxylic acids is 1. The maximum absolute atomic E-state index is 12.4. The van der Waals surface area contributed by atoms with E-state index in [9.17, 15) is 14.4 Å². The van der Waals surface area contributed by atoms with Crippen molar-refractivity contribution in [3.8, 4) is 5.75 Å². The van der Waals surface area contributed by atoms with Crippen LogP contribution in [0.3, 0.4) is 0 Å². The standard InChI is InChI=1S/C17H20N2O6/c20-15(18-7-8-24-12(10-18)9-17(22)23)5-6-19-13-3-1-2-4-14(13)25-11-16(19)21/h1-4,12H,5-11H2,(H,22,23). The first-order valence-electron chi connectivity index (χ1n) is 8.18. The Morgan fingerprint density at radius 2 is 2.08 bits per heavy atom. The van der Waals surface area contributed by atoms with E-state index in [2.05, 4.69) is 0 Å². The first-order valence-corrected chi connectivity index (χ1v) is 8.18. The van der Waals surface area contributed by atoms with Crippen LogP contribution in [0.1, 0.15) is 12.8 Å². The van der Waals surface area contributed by atoms with Crippen LogP contribution in [0.25, 0.3) is 0 Å². The quantitative estimate of drug-likeness (QED) is 0.833. The molecule has 0 radical (unpaired) electrons. The number of hydrogen-bond acceptors (Lipinski definition) is 5. The molecule has 3 rings (SSSR count). The molecule has 1 unspecified atom stereocenters. The van der Waals surface area contributed by atoms with Crippen molar-refractivity contribution in [1.29, 1.82) is 0 Å². The lowest BCUT2D eigenvalue weighted by atomic mass is 10.2. The Kier molecular flexibility index (Phi) is 5.18. The molecule has 8 heteroatoms. The van der Waals surface area contributed by atoms with Crippen molar-refractivity contribution < 1.29 is 29.0 Å². The molecule has 134 valence electrons. The summed E-state index contributed by atoms with van der Waals surface area (Å²) < 4.78 is 10.8. The van der Waals surface area contributed by atoms with E-state index in [0.29, 0.717) is 24.6 Å². The smallest absolute Gasteiger partial charge is 0.306 e. The second-order valence-corrected chi connectivity index (χ2v) is 5.98. The maximum Gasteiger partial charge on any atom is 0.306 e. The SMILES string of the molecule is O=C(O)CC1CN(C(=O)CCN2C(=O)COc3ccccc32)CCO1. The van der Waals surface area contributed by atoms with Crippen molar-refractivity contribution >= 4 is 23.5 Å². The van der Waals surface area contributed by atoms with Gasteiger partial charge >= 0.3 is 5.97 Å². The molecule has 2 amide bonds. The Morgan fingerprint density at radius 3 is 2.88 bits per heavy atom. The fraction of sp³-hybridized carbons (Fsp3) is 0.471. The number of amides is 2. The fourth-order valence-electron chi connectivity index (χ4n) is 3.03. The molecule has 25 heavy (non-hydrogen) atoms. The van der Waals surface area contributed by atoms with Gasteiger partial charge in [0, 0.05) is 26.1 Å². The highest BCUT2D eigenvalue weighted by Crippen LogP contribution is 2.31. The summed E-state index contributed by atoms with van der Waals surface area (Å²) in [6.45, 7) is 1.24. The number of fused-ring (bicyclic) bond motifs is 1. The van der Waals surface area contributed by atoms with Gasteiger partial charge in [-0.1, -0.05) is 12.1 Å². The predicted octanol–water partition coefficient (Wildman–Crippen LogP) is 0.504. The average molecular weight is 348 g/mol. The summed E-state index contributed by atoms with van der Waals surface area (Å²) in [7, 11) is 0. The highest BCUT2D eigenvalue weighted by Gasteiger charge is 2.28. The van der Waals surface area contributed by atoms with Crippen molar-refractivity contribution in [3.63, 3.8) is 0 Å². The van der Waals surface area contributed by atoms with E-state index < -0.39 is 12.1 Å². The molecule has 0 spiro atoms. The minimum Gasteiger partial charge on any atom is -0.482 e. The van der Waals surface area contributed by atoms with E-state index in [-0.39, 0.29) is 44.4 Å². The number of benzene rings is 1. The van der Waals surface area contributed by atoms with Crippen LogP contribution in [0.15, 0.2) is 24.3 Å². The van der Waals surface area contributed by atoms with Gasteiger partial charge in [0.1, 0.15) is 5.75 Å². The second-order valence-electron chi connectivity index (χ2n) is 5.98. The highest BCUT2D eigenvalue weighted by atomic mass is 16.5. The molecule has 0 aliphatic carbocycles. The number of carbonyl (C=O) groups excluding carboxylic acids is 2. The van der Waals surface area contributed by atoms with Gasteiger partial charge in [0.25, 0.3) is 5.91 Å². The lowest BCUT2D eigenvalue weighted by molar-refractivity contribution is -0.147. The molecular formula is C17H20N2O6. The van der Waals surface area contributed by atoms with Gasteiger partial charge in [-0.3, -0.25) is 14.4 Å². The molecule has 1 saturated heterocycles. The van der Waals surface area contributed by atoms with Gasteiger partial charge < -0.3 is 24.4 Å². The summed E-state index contributed by atoms with van der Waals surface area (Å²) in [5.74, 6) is -0.620. The molecule has 2 aliphatic rings. The number of hydrogen-bond donors (Lipinski definition) is 1. The molecule has 1 atom stereocenters. The summed E-state index contributed by atoms with van der Waals surface area (Å²) in [4.78, 5) is 38.5. The lowest BCUT2D eigenvalue weighted by Crippen LogP contribution is -2.47. The third kappa shape index (κ3) is 4.08. The molecule has 2 heterocycles. The summed E-state index contributed by atoms with van der Waals surface area (Å²) in [5.41, 5.74) is 0.664. The summed E-state index contributed by atoms with van der Waals surface area (Å²) >= 11 is 0. The summed E-state index contributed by atoms with van der Waals surface area (Å²) in [5, 5.41) is 8.85. The molecule has 1 N–H and O–H groups in total. The molecular weight excluding hydrogens is 328 g/mol. The lowest BCUT2D eigenvalue weighted by Gasteiger charge is -2.33. The van der Waals surface area contributed by atoms with Crippen LogP contribution in [-0.4, -0.2) is 66.7 Å². The van der Waals surface area contributed by atoms with Gasteiger partial charge in [0.2, 0.25) is 5.91 Å². The van der Waals surface area contributed by atoms with Crippen molar-refractivity contribution in [1.82, 2.24) is 4.90 Å². The van der Waals surface area contributed by atoms with E-state index in [1.807, 2.05) is 12.1 Å². The number of carbonyl (C=O) groups is 3. The zero-order valence-electron chi connectivity index (χ0n) is 13.7. The van der Waals surface area contributed by atoms with Crippen molar-refractivity contribution in [2.45, 2.75) is 18.9 Å². The van der Waals surface area contributed by atoms with Crippen LogP contribution >= 0.6 is 0 Å². The monoisotopic (exact) mass is 348 g/mol. The zero-order valence-corrected chi connectivity index (χ0v) is 13.7. The van der Waals surface area contributed by atoms with E-state index in [1.165, 1.54) is 0 Å². The van der Waals surface area contributed by atoms with Gasteiger partial charge in [0.15, 0.2) is 6.61 Å². The average Bonchev–Trinajstić information content (AvgIpc) is 2.60. The summed E-state index contributed by atoms with van der Waals surface area (Å²) in [6, 6.07) is 7.21. The Labute approximate surface area is 144 Å². The van der Waals surface area contributed by atoms with Crippen LogP contribution in [0, 0.1) is 0 Å². The van der Waals surface area contributed by atoms with E-state index >= 15 is 0 Å². The number of carboxylic acid groups (broad SMARTS) is 1. The van der Waals surface area contributed by atoms with Crippen LogP contribution in [0.5, 0.6) is 5.75 Å². The normalized spacial score (nSPS) is 20.0. The van der Waals surface area contributed by atoms with Gasteiger partial charge in [-0.05, 0) is 12.1 Å². The molecule has 0 bridgehead atoms. The first kappa shape index (κ1) is 17.2. The van der Waals surface area contributed by atoms with Crippen LogP contribution in [0.4, 0.5) is 5.69 Å². The third-order valence-electron chi connectivity index (χ3n) is 4.25. The third-order valence-corrected chi connectivity index (χ3v) is 4.25. The number of rotatable bonds is 5. The second kappa shape index (κ2) is 7.52. The van der Waals surface area contributed by atoms with Gasteiger partial charge in [0.05, 0.1) is 24.8 Å². The zero-order chi connectivity index (χ0) is 17.8. The minimum absolute atomic E-state index is 0.0383. The van der Waals surface area contributed by atoms with Crippen molar-refractivity contribution in [3.05, 3.63) is 24.3 Å². The van der Waals surface area contributed by atoms with E-state index in [4.69, 9.17) is 14.6 Å². The topological polar surface area (TPSA) is 96.4 Å². The van der Waals surface area contributed by atoms with Gasteiger partial charge in [-0.2, -0.15) is 0 Å². The number of aliphatic carboxylic acids is 1. The Morgan fingerprint density at radius 1 is 1.28 bits per heavy atom. The van der Waals surface area contributed by atoms with Crippen molar-refractivity contribution in [2.24, 2.45) is 0 Å². The molecule has 1 aromatic rings. The Bertz CT molecular complexity index is 677. The number of morpholine rings is 1. The van der Waals surface area contributed by atoms with E-state index in [1.54, 1.807) is 21.9 Å². The molecule has 0 aromatic heterocycles. The Hall–Kier alpha value is -2.61. The van der Waals surface area contributed by atoms with Crippen LogP contribution < -0.4 is 9.64 Å². The van der Waals surface area contributed by atoms with Crippen molar-refractivity contribution in [2.75, 3.05) is 37.7 Å². The first-order chi connectivity index (χ1) is 12.0. The highest BCUT2D eigenvalue weighted by molar-refractivity contribution is 5.98.